The van der Waals surface area contributed by atoms with Crippen LogP contribution in [0, 0.1) is 0 Å². The minimum absolute atomic E-state index is 0.00240. The first-order valence-corrected chi connectivity index (χ1v) is 11.1. The standard InChI is InChI=1S/C24H28F2N2O5/c1-2-30-22-11-16(7-10-21(22)33-24(25)26)13-28(17-8-9-17)14-23(29)27-12-18-15-31-19-5-3-4-6-20(19)32-18/h3-7,10-11,17-18,24H,2,8-9,12-15H2,1H3,(H,27,29). The maximum absolute atomic E-state index is 12.6. The summed E-state index contributed by atoms with van der Waals surface area (Å²) in [5.41, 5.74) is 0.861. The Morgan fingerprint density at radius 1 is 1.18 bits per heavy atom. The summed E-state index contributed by atoms with van der Waals surface area (Å²) >= 11 is 0. The lowest BCUT2D eigenvalue weighted by Crippen LogP contribution is -2.44. The van der Waals surface area contributed by atoms with Crippen molar-refractivity contribution in [3.8, 4) is 23.0 Å². The number of nitrogens with one attached hydrogen (secondary N) is 1. The van der Waals surface area contributed by atoms with Crippen LogP contribution in [0.2, 0.25) is 0 Å². The van der Waals surface area contributed by atoms with Crippen molar-refractivity contribution in [3.05, 3.63) is 48.0 Å². The molecule has 0 aromatic heterocycles. The van der Waals surface area contributed by atoms with Crippen LogP contribution in [0.3, 0.4) is 0 Å². The summed E-state index contributed by atoms with van der Waals surface area (Å²) in [6.07, 6.45) is 1.79. The van der Waals surface area contributed by atoms with Crippen LogP contribution in [0.15, 0.2) is 42.5 Å². The highest BCUT2D eigenvalue weighted by Crippen LogP contribution is 2.33. The number of benzene rings is 2. The van der Waals surface area contributed by atoms with E-state index in [1.54, 1.807) is 19.1 Å². The van der Waals surface area contributed by atoms with Crippen LogP contribution in [0.4, 0.5) is 8.78 Å². The van der Waals surface area contributed by atoms with Crippen LogP contribution >= 0.6 is 0 Å². The Kier molecular flexibility index (Phi) is 7.49. The Bertz CT molecular complexity index is 954. The van der Waals surface area contributed by atoms with Crippen molar-refractivity contribution in [2.24, 2.45) is 0 Å². The summed E-state index contributed by atoms with van der Waals surface area (Å²) in [4.78, 5) is 14.7. The molecule has 1 aliphatic carbocycles. The molecule has 1 saturated carbocycles. The average molecular weight is 462 g/mol. The van der Waals surface area contributed by atoms with Gasteiger partial charge in [0.25, 0.3) is 0 Å². The van der Waals surface area contributed by atoms with E-state index in [2.05, 4.69) is 15.0 Å². The van der Waals surface area contributed by atoms with Crippen LogP contribution in [0.25, 0.3) is 0 Å². The van der Waals surface area contributed by atoms with E-state index in [0.717, 1.165) is 18.4 Å². The lowest BCUT2D eigenvalue weighted by molar-refractivity contribution is -0.123. The molecule has 33 heavy (non-hydrogen) atoms. The Labute approximate surface area is 191 Å². The summed E-state index contributed by atoms with van der Waals surface area (Å²) in [7, 11) is 0. The predicted octanol–water partition coefficient (Wildman–Crippen LogP) is 3.61. The van der Waals surface area contributed by atoms with Gasteiger partial charge >= 0.3 is 6.61 Å². The highest BCUT2D eigenvalue weighted by Gasteiger charge is 2.31. The van der Waals surface area contributed by atoms with Crippen LogP contribution < -0.4 is 24.3 Å². The maximum Gasteiger partial charge on any atom is 0.387 e. The zero-order chi connectivity index (χ0) is 23.2. The molecule has 1 N–H and O–H groups in total. The van der Waals surface area contributed by atoms with E-state index in [1.807, 2.05) is 24.3 Å². The molecule has 1 fully saturated rings. The molecule has 1 unspecified atom stereocenters. The van der Waals surface area contributed by atoms with Gasteiger partial charge in [0.15, 0.2) is 23.0 Å². The van der Waals surface area contributed by atoms with Crippen LogP contribution in [0.5, 0.6) is 23.0 Å². The van der Waals surface area contributed by atoms with E-state index < -0.39 is 6.61 Å². The van der Waals surface area contributed by atoms with Crippen molar-refractivity contribution in [2.75, 3.05) is 26.3 Å². The zero-order valence-electron chi connectivity index (χ0n) is 18.5. The number of carbonyl (C=O) groups excluding carboxylic acids is 1. The SMILES string of the molecule is CCOc1cc(CN(CC(=O)NCC2COc3ccccc3O2)C2CC2)ccc1OC(F)F. The van der Waals surface area contributed by atoms with Gasteiger partial charge in [-0.2, -0.15) is 8.78 Å². The summed E-state index contributed by atoms with van der Waals surface area (Å²) in [6, 6.07) is 12.7. The molecule has 1 aliphatic heterocycles. The van der Waals surface area contributed by atoms with Gasteiger partial charge in [-0.3, -0.25) is 9.69 Å². The van der Waals surface area contributed by atoms with Gasteiger partial charge in [0.05, 0.1) is 19.7 Å². The number of alkyl halides is 2. The second kappa shape index (κ2) is 10.7. The molecule has 0 saturated heterocycles. The molecule has 1 atom stereocenters. The first kappa shape index (κ1) is 23.1. The van der Waals surface area contributed by atoms with Crippen LogP contribution in [-0.2, 0) is 11.3 Å². The van der Waals surface area contributed by atoms with Gasteiger partial charge in [-0.15, -0.1) is 0 Å². The Balaban J connectivity index is 1.32. The highest BCUT2D eigenvalue weighted by atomic mass is 19.3. The first-order chi connectivity index (χ1) is 16.0. The molecule has 7 nitrogen and oxygen atoms in total. The molecule has 9 heteroatoms. The van der Waals surface area contributed by atoms with Crippen LogP contribution in [0.1, 0.15) is 25.3 Å². The molecule has 0 radical (unpaired) electrons. The molecule has 4 rings (SSSR count). The third-order valence-electron chi connectivity index (χ3n) is 5.41. The van der Waals surface area contributed by atoms with E-state index >= 15 is 0 Å². The van der Waals surface area contributed by atoms with Crippen molar-refractivity contribution in [3.63, 3.8) is 0 Å². The third-order valence-corrected chi connectivity index (χ3v) is 5.41. The predicted molar refractivity (Wildman–Crippen MR) is 117 cm³/mol. The highest BCUT2D eigenvalue weighted by molar-refractivity contribution is 5.78. The van der Waals surface area contributed by atoms with Crippen molar-refractivity contribution >= 4 is 5.91 Å². The van der Waals surface area contributed by atoms with E-state index in [9.17, 15) is 13.6 Å². The van der Waals surface area contributed by atoms with Crippen LogP contribution in [-0.4, -0.2) is 55.9 Å². The second-order valence-electron chi connectivity index (χ2n) is 8.03. The topological polar surface area (TPSA) is 69.3 Å². The molecule has 2 aliphatic rings. The number of amides is 1. The van der Waals surface area contributed by atoms with Gasteiger partial charge in [-0.25, -0.2) is 0 Å². The summed E-state index contributed by atoms with van der Waals surface area (Å²) in [5, 5.41) is 2.93. The van der Waals surface area contributed by atoms with Crippen molar-refractivity contribution in [1.29, 1.82) is 0 Å². The number of ether oxygens (including phenoxy) is 4. The number of hydrogen-bond acceptors (Lipinski definition) is 6. The van der Waals surface area contributed by atoms with Crippen molar-refractivity contribution in [1.82, 2.24) is 10.2 Å². The fraction of sp³-hybridized carbons (Fsp3) is 0.458. The number of rotatable bonds is 11. The molecule has 2 aromatic carbocycles. The number of halogens is 2. The number of hydrogen-bond donors (Lipinski definition) is 1. The number of para-hydroxylation sites is 2. The van der Waals surface area contributed by atoms with E-state index in [-0.39, 0.29) is 30.1 Å². The number of fused-ring (bicyclic) bond motifs is 1. The maximum atomic E-state index is 12.6. The quantitative estimate of drug-likeness (QED) is 0.550. The van der Waals surface area contributed by atoms with Gasteiger partial charge < -0.3 is 24.3 Å². The van der Waals surface area contributed by atoms with Gasteiger partial charge in [0, 0.05) is 12.6 Å². The Hall–Kier alpha value is -3.07. The average Bonchev–Trinajstić information content (AvgIpc) is 3.64. The summed E-state index contributed by atoms with van der Waals surface area (Å²) in [6.45, 7) is 0.636. The van der Waals surface area contributed by atoms with Crippen molar-refractivity contribution in [2.45, 2.75) is 45.1 Å². The molecule has 0 spiro atoms. The largest absolute Gasteiger partial charge is 0.490 e. The molecule has 2 aromatic rings. The van der Waals surface area contributed by atoms with Gasteiger partial charge in [-0.1, -0.05) is 18.2 Å². The minimum Gasteiger partial charge on any atom is -0.490 e. The monoisotopic (exact) mass is 462 g/mol. The lowest BCUT2D eigenvalue weighted by Gasteiger charge is -2.27. The van der Waals surface area contributed by atoms with Crippen molar-refractivity contribution < 1.29 is 32.5 Å². The van der Waals surface area contributed by atoms with E-state index in [1.165, 1.54) is 6.07 Å². The summed E-state index contributed by atoms with van der Waals surface area (Å²) in [5.74, 6) is 1.54. The zero-order valence-corrected chi connectivity index (χ0v) is 18.5. The molecular formula is C24H28F2N2O5. The molecule has 1 amide bonds. The summed E-state index contributed by atoms with van der Waals surface area (Å²) < 4.78 is 46.9. The Morgan fingerprint density at radius 2 is 1.97 bits per heavy atom. The fourth-order valence-corrected chi connectivity index (χ4v) is 3.73. The fourth-order valence-electron chi connectivity index (χ4n) is 3.73. The van der Waals surface area contributed by atoms with Gasteiger partial charge in [0.1, 0.15) is 12.7 Å². The molecular weight excluding hydrogens is 434 g/mol. The van der Waals surface area contributed by atoms with Gasteiger partial charge in [0.2, 0.25) is 5.91 Å². The molecule has 178 valence electrons. The second-order valence-corrected chi connectivity index (χ2v) is 8.03. The number of nitrogens with zero attached hydrogens (tertiary/aromatic N) is 1. The Morgan fingerprint density at radius 3 is 2.70 bits per heavy atom. The first-order valence-electron chi connectivity index (χ1n) is 11.1. The minimum atomic E-state index is -2.92. The lowest BCUT2D eigenvalue weighted by atomic mass is 10.2. The van der Waals surface area contributed by atoms with Gasteiger partial charge in [-0.05, 0) is 49.6 Å². The molecule has 1 heterocycles. The van der Waals surface area contributed by atoms with E-state index in [0.29, 0.717) is 43.8 Å². The number of carbonyl (C=O) groups is 1. The molecule has 0 bridgehead atoms. The smallest absolute Gasteiger partial charge is 0.387 e. The van der Waals surface area contributed by atoms with E-state index in [4.69, 9.17) is 14.2 Å². The third kappa shape index (κ3) is 6.47. The normalized spacial score (nSPS) is 17.2.